The minimum absolute atomic E-state index is 0.0155. The molecule has 7 nitrogen and oxygen atoms in total. The van der Waals surface area contributed by atoms with Gasteiger partial charge in [0.1, 0.15) is 18.3 Å². The first-order valence-electron chi connectivity index (χ1n) is 10.4. The van der Waals surface area contributed by atoms with Crippen LogP contribution in [0.5, 0.6) is 0 Å². The van der Waals surface area contributed by atoms with Crippen LogP contribution < -0.4 is 5.56 Å². The van der Waals surface area contributed by atoms with Gasteiger partial charge in [-0.2, -0.15) is 5.10 Å². The molecule has 1 aliphatic carbocycles. The Morgan fingerprint density at radius 1 is 1.21 bits per heavy atom. The lowest BCUT2D eigenvalue weighted by molar-refractivity contribution is -0.134. The van der Waals surface area contributed by atoms with Crippen LogP contribution >= 0.6 is 0 Å². The molecule has 0 unspecified atom stereocenters. The quantitative estimate of drug-likeness (QED) is 0.668. The number of hydrogen-bond donors (Lipinski definition) is 0. The van der Waals surface area contributed by atoms with Crippen molar-refractivity contribution in [3.63, 3.8) is 0 Å². The maximum atomic E-state index is 13.0. The Morgan fingerprint density at radius 3 is 2.69 bits per heavy atom. The third-order valence-electron chi connectivity index (χ3n) is 5.88. The number of likely N-dealkylation sites (N-methyl/N-ethyl adjacent to an activating group) is 1. The summed E-state index contributed by atoms with van der Waals surface area (Å²) in [6.07, 6.45) is 8.68. The van der Waals surface area contributed by atoms with Crippen LogP contribution in [-0.4, -0.2) is 42.7 Å². The lowest BCUT2D eigenvalue weighted by atomic mass is 9.94. The van der Waals surface area contributed by atoms with E-state index in [1.165, 1.54) is 36.4 Å². The molecule has 7 heteroatoms. The molecule has 0 atom stereocenters. The fourth-order valence-corrected chi connectivity index (χ4v) is 4.31. The van der Waals surface area contributed by atoms with Gasteiger partial charge in [0.2, 0.25) is 5.91 Å². The van der Waals surface area contributed by atoms with E-state index in [-0.39, 0.29) is 24.1 Å². The van der Waals surface area contributed by atoms with Crippen LogP contribution in [0.1, 0.15) is 44.6 Å². The van der Waals surface area contributed by atoms with Gasteiger partial charge in [0.05, 0.1) is 11.9 Å². The predicted octanol–water partition coefficient (Wildman–Crippen LogP) is 3.07. The van der Waals surface area contributed by atoms with Gasteiger partial charge >= 0.3 is 0 Å². The van der Waals surface area contributed by atoms with Crippen molar-refractivity contribution in [1.82, 2.24) is 24.2 Å². The van der Waals surface area contributed by atoms with Crippen molar-refractivity contribution in [3.05, 3.63) is 52.7 Å². The van der Waals surface area contributed by atoms with E-state index in [4.69, 9.17) is 0 Å². The molecular weight excluding hydrogens is 366 g/mol. The minimum Gasteiger partial charge on any atom is -0.338 e. The van der Waals surface area contributed by atoms with Crippen LogP contribution in [0.3, 0.4) is 0 Å². The van der Waals surface area contributed by atoms with Crippen LogP contribution in [-0.2, 0) is 11.3 Å². The summed E-state index contributed by atoms with van der Waals surface area (Å²) in [4.78, 5) is 32.3. The van der Waals surface area contributed by atoms with E-state index in [2.05, 4.69) is 10.1 Å². The topological polar surface area (TPSA) is 73.0 Å². The minimum atomic E-state index is -0.233. The van der Waals surface area contributed by atoms with E-state index in [9.17, 15) is 9.59 Å². The fraction of sp³-hybridized carbons (Fsp3) is 0.455. The highest BCUT2D eigenvalue weighted by Crippen LogP contribution is 2.23. The molecule has 1 fully saturated rings. The number of aryl methyl sites for hydroxylation is 1. The summed E-state index contributed by atoms with van der Waals surface area (Å²) in [5, 5.41) is 4.80. The maximum absolute atomic E-state index is 13.0. The summed E-state index contributed by atoms with van der Waals surface area (Å²) in [7, 11) is 0. The summed E-state index contributed by atoms with van der Waals surface area (Å²) >= 11 is 0. The van der Waals surface area contributed by atoms with Gasteiger partial charge in [-0.05, 0) is 38.3 Å². The number of amides is 1. The molecule has 1 aliphatic rings. The molecule has 0 aliphatic heterocycles. The zero-order valence-electron chi connectivity index (χ0n) is 17.0. The molecule has 0 radical (unpaired) electrons. The Labute approximate surface area is 170 Å². The Bertz CT molecular complexity index is 1080. The van der Waals surface area contributed by atoms with Crippen LogP contribution in [0.2, 0.25) is 0 Å². The highest BCUT2D eigenvalue weighted by molar-refractivity contribution is 5.78. The number of benzene rings is 1. The van der Waals surface area contributed by atoms with E-state index >= 15 is 0 Å². The van der Waals surface area contributed by atoms with Gasteiger partial charge in [-0.15, -0.1) is 0 Å². The average molecular weight is 393 g/mol. The lowest BCUT2D eigenvalue weighted by Crippen LogP contribution is -2.44. The highest BCUT2D eigenvalue weighted by atomic mass is 16.2. The highest BCUT2D eigenvalue weighted by Gasteiger charge is 2.24. The first-order chi connectivity index (χ1) is 14.1. The number of carbonyl (C=O) groups excluding carboxylic acids is 1. The fourth-order valence-electron chi connectivity index (χ4n) is 4.31. The summed E-state index contributed by atoms with van der Waals surface area (Å²) in [5.74, 6) is -0.0195. The largest absolute Gasteiger partial charge is 0.338 e. The number of rotatable bonds is 5. The number of aromatic nitrogens is 4. The molecule has 29 heavy (non-hydrogen) atoms. The zero-order chi connectivity index (χ0) is 20.4. The molecule has 4 rings (SSSR count). The normalized spacial score (nSPS) is 15.0. The first kappa shape index (κ1) is 19.4. The summed E-state index contributed by atoms with van der Waals surface area (Å²) in [6.45, 7) is 4.68. The van der Waals surface area contributed by atoms with Crippen molar-refractivity contribution >= 4 is 16.9 Å². The van der Waals surface area contributed by atoms with Crippen LogP contribution in [0.25, 0.3) is 16.7 Å². The van der Waals surface area contributed by atoms with E-state index in [1.807, 2.05) is 43.0 Å². The molecule has 1 aromatic carbocycles. The zero-order valence-corrected chi connectivity index (χ0v) is 17.0. The predicted molar refractivity (Wildman–Crippen MR) is 112 cm³/mol. The second-order valence-corrected chi connectivity index (χ2v) is 7.73. The van der Waals surface area contributed by atoms with Crippen LogP contribution in [0.15, 0.2) is 41.6 Å². The Kier molecular flexibility index (Phi) is 5.47. The van der Waals surface area contributed by atoms with Crippen molar-refractivity contribution in [2.75, 3.05) is 6.54 Å². The molecule has 2 heterocycles. The number of hydrogen-bond acceptors (Lipinski definition) is 4. The molecule has 1 amide bonds. The van der Waals surface area contributed by atoms with Gasteiger partial charge in [0, 0.05) is 12.6 Å². The molecule has 2 aromatic heterocycles. The molecule has 0 spiro atoms. The number of para-hydroxylation sites is 1. The molecule has 152 valence electrons. The first-order valence-corrected chi connectivity index (χ1v) is 10.4. The lowest BCUT2D eigenvalue weighted by Gasteiger charge is -2.33. The molecular formula is C22H27N5O2. The monoisotopic (exact) mass is 393 g/mol. The summed E-state index contributed by atoms with van der Waals surface area (Å²) in [5.41, 5.74) is 2.21. The van der Waals surface area contributed by atoms with E-state index in [0.29, 0.717) is 17.6 Å². The van der Waals surface area contributed by atoms with Crippen molar-refractivity contribution in [3.8, 4) is 5.69 Å². The third kappa shape index (κ3) is 3.69. The average Bonchev–Trinajstić information content (AvgIpc) is 3.16. The Hall–Kier alpha value is -2.96. The van der Waals surface area contributed by atoms with Crippen molar-refractivity contribution in [1.29, 1.82) is 0 Å². The van der Waals surface area contributed by atoms with Gasteiger partial charge in [-0.3, -0.25) is 14.2 Å². The summed E-state index contributed by atoms with van der Waals surface area (Å²) < 4.78 is 3.08. The molecule has 0 bridgehead atoms. The van der Waals surface area contributed by atoms with Crippen LogP contribution in [0, 0.1) is 6.92 Å². The summed E-state index contributed by atoms with van der Waals surface area (Å²) in [6, 6.07) is 8.12. The van der Waals surface area contributed by atoms with Crippen molar-refractivity contribution < 1.29 is 4.79 Å². The van der Waals surface area contributed by atoms with Crippen LogP contribution in [0.4, 0.5) is 0 Å². The molecule has 0 saturated heterocycles. The van der Waals surface area contributed by atoms with Gasteiger partial charge in [-0.1, -0.05) is 37.5 Å². The number of nitrogens with zero attached hydrogens (tertiary/aromatic N) is 5. The van der Waals surface area contributed by atoms with Crippen molar-refractivity contribution in [2.24, 2.45) is 0 Å². The van der Waals surface area contributed by atoms with E-state index < -0.39 is 0 Å². The standard InChI is InChI=1S/C22H27N5O2/c1-3-26(17-10-5-4-6-11-17)20(28)14-25-15-23-21-18(22(25)29)13-24-27(21)19-12-8-7-9-16(19)2/h7-9,12-13,15,17H,3-6,10-11,14H2,1-2H3. The molecule has 3 aromatic rings. The van der Waals surface area contributed by atoms with Gasteiger partial charge in [0.15, 0.2) is 5.65 Å². The van der Waals surface area contributed by atoms with E-state index in [1.54, 1.807) is 4.68 Å². The van der Waals surface area contributed by atoms with Crippen molar-refractivity contribution in [2.45, 2.75) is 58.5 Å². The third-order valence-corrected chi connectivity index (χ3v) is 5.88. The van der Waals surface area contributed by atoms with Gasteiger partial charge < -0.3 is 4.90 Å². The SMILES string of the molecule is CCN(C(=O)Cn1cnc2c(cnn2-c2ccccc2C)c1=O)C1CCCCC1. The smallest absolute Gasteiger partial charge is 0.264 e. The van der Waals surface area contributed by atoms with Gasteiger partial charge in [-0.25, -0.2) is 9.67 Å². The Morgan fingerprint density at radius 2 is 1.97 bits per heavy atom. The number of fused-ring (bicyclic) bond motifs is 1. The van der Waals surface area contributed by atoms with Gasteiger partial charge in [0.25, 0.3) is 5.56 Å². The number of carbonyl (C=O) groups is 1. The molecule has 1 saturated carbocycles. The second kappa shape index (κ2) is 8.19. The maximum Gasteiger partial charge on any atom is 0.264 e. The molecule has 0 N–H and O–H groups in total. The second-order valence-electron chi connectivity index (χ2n) is 7.73. The Balaban J connectivity index is 1.62. The van der Waals surface area contributed by atoms with E-state index in [0.717, 1.165) is 24.1 Å².